The summed E-state index contributed by atoms with van der Waals surface area (Å²) < 4.78 is 0.910. The molecule has 0 bridgehead atoms. The molecule has 0 unspecified atom stereocenters. The van der Waals surface area contributed by atoms with Gasteiger partial charge < -0.3 is 16.0 Å². The Labute approximate surface area is 128 Å². The predicted octanol–water partition coefficient (Wildman–Crippen LogP) is 3.51. The topological polar surface area (TPSA) is 70.2 Å². The lowest BCUT2D eigenvalue weighted by Gasteiger charge is -2.07. The van der Waals surface area contributed by atoms with Crippen molar-refractivity contribution in [3.05, 3.63) is 45.1 Å². The molecule has 1 aromatic carbocycles. The molecule has 1 aromatic heterocycles. The van der Waals surface area contributed by atoms with E-state index in [1.807, 2.05) is 0 Å². The Morgan fingerprint density at radius 1 is 1.10 bits per heavy atom. The third-order valence-corrected chi connectivity index (χ3v) is 3.96. The van der Waals surface area contributed by atoms with Crippen molar-refractivity contribution in [3.8, 4) is 0 Å². The van der Waals surface area contributed by atoms with E-state index >= 15 is 0 Å². The standard InChI is InChI=1S/C13H12BrN3O2S/c1-15-13(19)17-10-4-2-9(3-5-10)16-12(18)8-6-11(14)20-7-8/h2-7H,1H3,(H,16,18)(H2,15,17,19). The van der Waals surface area contributed by atoms with Gasteiger partial charge in [-0.15, -0.1) is 11.3 Å². The largest absolute Gasteiger partial charge is 0.341 e. The van der Waals surface area contributed by atoms with Gasteiger partial charge >= 0.3 is 6.03 Å². The molecule has 0 aliphatic carbocycles. The first-order valence-electron chi connectivity index (χ1n) is 5.72. The van der Waals surface area contributed by atoms with Gasteiger partial charge in [-0.25, -0.2) is 4.79 Å². The van der Waals surface area contributed by atoms with Crippen LogP contribution in [0.2, 0.25) is 0 Å². The molecule has 0 spiro atoms. The van der Waals surface area contributed by atoms with Crippen molar-refractivity contribution < 1.29 is 9.59 Å². The van der Waals surface area contributed by atoms with Gasteiger partial charge in [-0.05, 0) is 46.3 Å². The average molecular weight is 354 g/mol. The number of thiophene rings is 1. The highest BCUT2D eigenvalue weighted by atomic mass is 79.9. The first kappa shape index (κ1) is 14.5. The van der Waals surface area contributed by atoms with Crippen LogP contribution in [-0.2, 0) is 0 Å². The highest BCUT2D eigenvalue weighted by Crippen LogP contribution is 2.22. The second-order valence-electron chi connectivity index (χ2n) is 3.88. The Balaban J connectivity index is 2.00. The van der Waals surface area contributed by atoms with E-state index in [0.717, 1.165) is 3.79 Å². The number of amides is 3. The molecule has 7 heteroatoms. The van der Waals surface area contributed by atoms with E-state index in [1.165, 1.54) is 11.3 Å². The number of urea groups is 1. The fourth-order valence-electron chi connectivity index (χ4n) is 1.46. The number of carbonyl (C=O) groups is 2. The van der Waals surface area contributed by atoms with Crippen LogP contribution in [0.3, 0.4) is 0 Å². The molecule has 0 radical (unpaired) electrons. The summed E-state index contributed by atoms with van der Waals surface area (Å²) in [6.07, 6.45) is 0. The number of anilines is 2. The van der Waals surface area contributed by atoms with Gasteiger partial charge in [0.05, 0.1) is 9.35 Å². The second kappa shape index (κ2) is 6.53. The maximum atomic E-state index is 11.9. The zero-order valence-electron chi connectivity index (χ0n) is 10.6. The predicted molar refractivity (Wildman–Crippen MR) is 84.5 cm³/mol. The summed E-state index contributed by atoms with van der Waals surface area (Å²) in [5.74, 6) is -0.168. The highest BCUT2D eigenvalue weighted by molar-refractivity contribution is 9.11. The molecule has 0 saturated heterocycles. The number of benzene rings is 1. The van der Waals surface area contributed by atoms with Gasteiger partial charge in [-0.1, -0.05) is 0 Å². The zero-order chi connectivity index (χ0) is 14.5. The van der Waals surface area contributed by atoms with E-state index < -0.39 is 0 Å². The first-order chi connectivity index (χ1) is 9.58. The molecule has 3 amide bonds. The Bertz CT molecular complexity index is 625. The minimum atomic E-state index is -0.287. The summed E-state index contributed by atoms with van der Waals surface area (Å²) in [5, 5.41) is 9.66. The molecule has 2 rings (SSSR count). The molecule has 3 N–H and O–H groups in total. The van der Waals surface area contributed by atoms with Crippen molar-refractivity contribution in [3.63, 3.8) is 0 Å². The smallest absolute Gasteiger partial charge is 0.318 e. The van der Waals surface area contributed by atoms with E-state index in [9.17, 15) is 9.59 Å². The molecular formula is C13H12BrN3O2S. The van der Waals surface area contributed by atoms with Crippen molar-refractivity contribution in [1.82, 2.24) is 5.32 Å². The Morgan fingerprint density at radius 2 is 1.70 bits per heavy atom. The van der Waals surface area contributed by atoms with Crippen LogP contribution >= 0.6 is 27.3 Å². The number of hydrogen-bond acceptors (Lipinski definition) is 3. The van der Waals surface area contributed by atoms with Crippen LogP contribution in [0.5, 0.6) is 0 Å². The fourth-order valence-corrected chi connectivity index (χ4v) is 2.60. The second-order valence-corrected chi connectivity index (χ2v) is 6.17. The third-order valence-electron chi connectivity index (χ3n) is 2.46. The number of halogens is 1. The quantitative estimate of drug-likeness (QED) is 0.789. The van der Waals surface area contributed by atoms with Crippen molar-refractivity contribution in [2.24, 2.45) is 0 Å². The molecule has 0 atom stereocenters. The van der Waals surface area contributed by atoms with Crippen molar-refractivity contribution in [2.45, 2.75) is 0 Å². The van der Waals surface area contributed by atoms with E-state index in [0.29, 0.717) is 16.9 Å². The summed E-state index contributed by atoms with van der Waals surface area (Å²) in [7, 11) is 1.54. The first-order valence-corrected chi connectivity index (χ1v) is 7.40. The molecule has 104 valence electrons. The average Bonchev–Trinajstić information content (AvgIpc) is 2.87. The van der Waals surface area contributed by atoms with Gasteiger partial charge in [0.1, 0.15) is 0 Å². The van der Waals surface area contributed by atoms with Crippen molar-refractivity contribution in [1.29, 1.82) is 0 Å². The molecule has 5 nitrogen and oxygen atoms in total. The van der Waals surface area contributed by atoms with Crippen LogP contribution in [0.1, 0.15) is 10.4 Å². The van der Waals surface area contributed by atoms with Gasteiger partial charge in [0.15, 0.2) is 0 Å². The Hall–Kier alpha value is -1.86. The maximum absolute atomic E-state index is 11.9. The number of carbonyl (C=O) groups excluding carboxylic acids is 2. The Kier molecular flexibility index (Phi) is 4.75. The third kappa shape index (κ3) is 3.82. The van der Waals surface area contributed by atoms with Gasteiger partial charge in [0, 0.05) is 23.8 Å². The summed E-state index contributed by atoms with van der Waals surface area (Å²) in [4.78, 5) is 23.1. The van der Waals surface area contributed by atoms with Gasteiger partial charge in [0.2, 0.25) is 0 Å². The van der Waals surface area contributed by atoms with Crippen LogP contribution in [-0.4, -0.2) is 19.0 Å². The van der Waals surface area contributed by atoms with E-state index in [1.54, 1.807) is 42.8 Å². The number of hydrogen-bond donors (Lipinski definition) is 3. The summed E-state index contributed by atoms with van der Waals surface area (Å²) in [5.41, 5.74) is 1.93. The minimum Gasteiger partial charge on any atom is -0.341 e. The molecule has 1 heterocycles. The summed E-state index contributed by atoms with van der Waals surface area (Å²) in [6.45, 7) is 0. The fraction of sp³-hybridized carbons (Fsp3) is 0.0769. The van der Waals surface area contributed by atoms with Crippen LogP contribution in [0.4, 0.5) is 16.2 Å². The van der Waals surface area contributed by atoms with Crippen LogP contribution in [0.15, 0.2) is 39.5 Å². The van der Waals surface area contributed by atoms with Gasteiger partial charge in [-0.3, -0.25) is 4.79 Å². The molecule has 0 saturated carbocycles. The number of nitrogens with one attached hydrogen (secondary N) is 3. The molecule has 0 aliphatic heterocycles. The van der Waals surface area contributed by atoms with Crippen molar-refractivity contribution >= 4 is 50.6 Å². The number of rotatable bonds is 3. The van der Waals surface area contributed by atoms with E-state index in [-0.39, 0.29) is 11.9 Å². The lowest BCUT2D eigenvalue weighted by molar-refractivity contribution is 0.102. The zero-order valence-corrected chi connectivity index (χ0v) is 13.0. The van der Waals surface area contributed by atoms with Gasteiger partial charge in [0.25, 0.3) is 5.91 Å². The summed E-state index contributed by atoms with van der Waals surface area (Å²) >= 11 is 4.77. The van der Waals surface area contributed by atoms with Gasteiger partial charge in [-0.2, -0.15) is 0 Å². The lowest BCUT2D eigenvalue weighted by Crippen LogP contribution is -2.24. The molecular weight excluding hydrogens is 342 g/mol. The molecule has 20 heavy (non-hydrogen) atoms. The highest BCUT2D eigenvalue weighted by Gasteiger charge is 2.08. The molecule has 2 aromatic rings. The maximum Gasteiger partial charge on any atom is 0.318 e. The van der Waals surface area contributed by atoms with E-state index in [2.05, 4.69) is 31.9 Å². The minimum absolute atomic E-state index is 0.168. The van der Waals surface area contributed by atoms with E-state index in [4.69, 9.17) is 0 Å². The summed E-state index contributed by atoms with van der Waals surface area (Å²) in [6, 6.07) is 8.37. The lowest BCUT2D eigenvalue weighted by atomic mass is 10.2. The SMILES string of the molecule is CNC(=O)Nc1ccc(NC(=O)c2csc(Br)c2)cc1. The molecule has 0 fully saturated rings. The van der Waals surface area contributed by atoms with Crippen LogP contribution in [0, 0.1) is 0 Å². The molecule has 0 aliphatic rings. The van der Waals surface area contributed by atoms with Crippen LogP contribution in [0.25, 0.3) is 0 Å². The van der Waals surface area contributed by atoms with Crippen molar-refractivity contribution in [2.75, 3.05) is 17.7 Å². The Morgan fingerprint density at radius 3 is 2.20 bits per heavy atom. The monoisotopic (exact) mass is 353 g/mol. The van der Waals surface area contributed by atoms with Crippen LogP contribution < -0.4 is 16.0 Å². The normalized spacial score (nSPS) is 9.90.